The van der Waals surface area contributed by atoms with Gasteiger partial charge in [-0.2, -0.15) is 0 Å². The van der Waals surface area contributed by atoms with Crippen molar-refractivity contribution in [2.75, 3.05) is 12.9 Å². The van der Waals surface area contributed by atoms with Gasteiger partial charge in [0.15, 0.2) is 4.96 Å². The minimum absolute atomic E-state index is 0.0532. The highest BCUT2D eigenvalue weighted by Gasteiger charge is 2.08. The fourth-order valence-electron chi connectivity index (χ4n) is 2.46. The summed E-state index contributed by atoms with van der Waals surface area (Å²) in [6.07, 6.45) is 0. The molecular weight excluding hydrogens is 370 g/mol. The van der Waals surface area contributed by atoms with Gasteiger partial charge in [0.05, 0.1) is 18.6 Å². The molecule has 1 aromatic carbocycles. The Labute approximate surface area is 159 Å². The molecule has 0 aliphatic carbocycles. The molecule has 0 atom stereocenters. The lowest BCUT2D eigenvalue weighted by Crippen LogP contribution is -2.24. The number of rotatable bonds is 7. The number of carbonyl (C=O) groups excluding carboxylic acids is 1. The van der Waals surface area contributed by atoms with Crippen molar-refractivity contribution in [2.24, 2.45) is 0 Å². The molecule has 6 nitrogen and oxygen atoms in total. The number of thioether (sulfide) groups is 1. The Morgan fingerprint density at radius 2 is 2.23 bits per heavy atom. The largest absolute Gasteiger partial charge is 0.497 e. The SMILES string of the molecule is COc1cccc(CNC(=O)CSCc2cc(=O)n3c(C)csc3n2)c1. The van der Waals surface area contributed by atoms with E-state index in [1.165, 1.54) is 29.2 Å². The standard InChI is InChI=1S/C18H19N3O3S2/c1-12-9-26-18-20-14(7-17(23)21(12)18)10-25-11-16(22)19-8-13-4-3-5-15(6-13)24-2/h3-7,9H,8,10-11H2,1-2H3,(H,19,22). The molecule has 3 aromatic rings. The number of ether oxygens (including phenoxy) is 1. The third-order valence-electron chi connectivity index (χ3n) is 3.74. The molecule has 0 saturated carbocycles. The van der Waals surface area contributed by atoms with E-state index >= 15 is 0 Å². The third kappa shape index (κ3) is 4.44. The average Bonchev–Trinajstić information content (AvgIpc) is 3.01. The first kappa shape index (κ1) is 18.5. The molecule has 0 fully saturated rings. The van der Waals surface area contributed by atoms with Gasteiger partial charge in [0.1, 0.15) is 5.75 Å². The number of fused-ring (bicyclic) bond motifs is 1. The van der Waals surface area contributed by atoms with Crippen LogP contribution in [0.4, 0.5) is 0 Å². The van der Waals surface area contributed by atoms with Crippen molar-refractivity contribution in [3.63, 3.8) is 0 Å². The summed E-state index contributed by atoms with van der Waals surface area (Å²) in [4.78, 5) is 29.3. The normalized spacial score (nSPS) is 10.8. The van der Waals surface area contributed by atoms with Crippen LogP contribution < -0.4 is 15.6 Å². The molecule has 3 rings (SSSR count). The predicted octanol–water partition coefficient (Wildman–Crippen LogP) is 2.62. The predicted molar refractivity (Wildman–Crippen MR) is 105 cm³/mol. The number of nitrogens with one attached hydrogen (secondary N) is 1. The Morgan fingerprint density at radius 3 is 3.04 bits per heavy atom. The minimum Gasteiger partial charge on any atom is -0.497 e. The molecule has 0 saturated heterocycles. The van der Waals surface area contributed by atoms with Crippen LogP contribution in [-0.2, 0) is 17.1 Å². The summed E-state index contributed by atoms with van der Waals surface area (Å²) in [5, 5.41) is 4.79. The Kier molecular flexibility index (Phi) is 5.95. The zero-order chi connectivity index (χ0) is 18.5. The van der Waals surface area contributed by atoms with Crippen molar-refractivity contribution in [3.8, 4) is 5.75 Å². The molecule has 2 aromatic heterocycles. The summed E-state index contributed by atoms with van der Waals surface area (Å²) in [6, 6.07) is 9.12. The van der Waals surface area contributed by atoms with Gasteiger partial charge in [-0.05, 0) is 24.6 Å². The van der Waals surface area contributed by atoms with Crippen LogP contribution in [0.3, 0.4) is 0 Å². The van der Waals surface area contributed by atoms with E-state index in [1.54, 1.807) is 11.5 Å². The van der Waals surface area contributed by atoms with Crippen molar-refractivity contribution in [3.05, 3.63) is 63.0 Å². The van der Waals surface area contributed by atoms with E-state index in [1.807, 2.05) is 36.6 Å². The van der Waals surface area contributed by atoms with Crippen molar-refractivity contribution >= 4 is 34.0 Å². The second kappa shape index (κ2) is 8.37. The maximum absolute atomic E-state index is 12.1. The fourth-order valence-corrected chi connectivity index (χ4v) is 4.09. The maximum atomic E-state index is 12.1. The van der Waals surface area contributed by atoms with E-state index in [9.17, 15) is 9.59 Å². The van der Waals surface area contributed by atoms with E-state index in [0.29, 0.717) is 28.7 Å². The monoisotopic (exact) mass is 389 g/mol. The number of carbonyl (C=O) groups is 1. The summed E-state index contributed by atoms with van der Waals surface area (Å²) >= 11 is 2.88. The second-order valence-electron chi connectivity index (χ2n) is 5.70. The molecule has 0 bridgehead atoms. The van der Waals surface area contributed by atoms with Crippen LogP contribution in [0.25, 0.3) is 4.96 Å². The first-order valence-electron chi connectivity index (χ1n) is 8.01. The number of thiazole rings is 1. The lowest BCUT2D eigenvalue weighted by Gasteiger charge is -2.07. The lowest BCUT2D eigenvalue weighted by atomic mass is 10.2. The number of aromatic nitrogens is 2. The van der Waals surface area contributed by atoms with Crippen LogP contribution in [0.15, 0.2) is 40.5 Å². The molecular formula is C18H19N3O3S2. The summed E-state index contributed by atoms with van der Waals surface area (Å²) in [5.41, 5.74) is 2.49. The molecule has 0 aliphatic rings. The number of hydrogen-bond donors (Lipinski definition) is 1. The van der Waals surface area contributed by atoms with Gasteiger partial charge in [0.2, 0.25) is 5.91 Å². The van der Waals surface area contributed by atoms with Gasteiger partial charge in [0, 0.05) is 29.4 Å². The molecule has 0 radical (unpaired) electrons. The third-order valence-corrected chi connectivity index (χ3v) is 5.65. The van der Waals surface area contributed by atoms with Gasteiger partial charge < -0.3 is 10.1 Å². The molecule has 136 valence electrons. The van der Waals surface area contributed by atoms with Crippen LogP contribution in [0.5, 0.6) is 5.75 Å². The highest BCUT2D eigenvalue weighted by Crippen LogP contribution is 2.15. The molecule has 26 heavy (non-hydrogen) atoms. The second-order valence-corrected chi connectivity index (χ2v) is 7.52. The molecule has 1 N–H and O–H groups in total. The molecule has 0 spiro atoms. The van der Waals surface area contributed by atoms with Gasteiger partial charge in [0.25, 0.3) is 5.56 Å². The summed E-state index contributed by atoms with van der Waals surface area (Å²) in [7, 11) is 1.61. The first-order chi connectivity index (χ1) is 12.6. The van der Waals surface area contributed by atoms with Crippen molar-refractivity contribution < 1.29 is 9.53 Å². The van der Waals surface area contributed by atoms with Gasteiger partial charge in [-0.1, -0.05) is 12.1 Å². The van der Waals surface area contributed by atoms with E-state index in [0.717, 1.165) is 17.0 Å². The van der Waals surface area contributed by atoms with Gasteiger partial charge in [-0.15, -0.1) is 23.1 Å². The molecule has 8 heteroatoms. The number of amides is 1. The Balaban J connectivity index is 1.50. The number of aryl methyl sites for hydroxylation is 1. The van der Waals surface area contributed by atoms with E-state index in [4.69, 9.17) is 4.74 Å². The van der Waals surface area contributed by atoms with Crippen molar-refractivity contribution in [1.29, 1.82) is 0 Å². The summed E-state index contributed by atoms with van der Waals surface area (Å²) in [6.45, 7) is 2.34. The Bertz CT molecular complexity index is 981. The average molecular weight is 390 g/mol. The van der Waals surface area contributed by atoms with E-state index in [-0.39, 0.29) is 11.5 Å². The van der Waals surface area contributed by atoms with Crippen LogP contribution >= 0.6 is 23.1 Å². The number of methoxy groups -OCH3 is 1. The highest BCUT2D eigenvalue weighted by molar-refractivity contribution is 7.99. The van der Waals surface area contributed by atoms with Crippen LogP contribution in [-0.4, -0.2) is 28.2 Å². The van der Waals surface area contributed by atoms with Gasteiger partial charge in [-0.3, -0.25) is 14.0 Å². The molecule has 2 heterocycles. The summed E-state index contributed by atoms with van der Waals surface area (Å²) in [5.74, 6) is 1.55. The fraction of sp³-hybridized carbons (Fsp3) is 0.278. The van der Waals surface area contributed by atoms with Gasteiger partial charge >= 0.3 is 0 Å². The number of nitrogens with zero attached hydrogens (tertiary/aromatic N) is 2. The van der Waals surface area contributed by atoms with Crippen molar-refractivity contribution in [1.82, 2.24) is 14.7 Å². The highest BCUT2D eigenvalue weighted by atomic mass is 32.2. The topological polar surface area (TPSA) is 72.7 Å². The smallest absolute Gasteiger partial charge is 0.258 e. The number of benzene rings is 1. The van der Waals surface area contributed by atoms with Crippen molar-refractivity contribution in [2.45, 2.75) is 19.2 Å². The lowest BCUT2D eigenvalue weighted by molar-refractivity contribution is -0.118. The maximum Gasteiger partial charge on any atom is 0.258 e. The molecule has 0 unspecified atom stereocenters. The van der Waals surface area contributed by atoms with Crippen LogP contribution in [0.1, 0.15) is 17.0 Å². The quantitative estimate of drug-likeness (QED) is 0.672. The summed E-state index contributed by atoms with van der Waals surface area (Å²) < 4.78 is 6.76. The minimum atomic E-state index is -0.0770. The first-order valence-corrected chi connectivity index (χ1v) is 10.0. The zero-order valence-electron chi connectivity index (χ0n) is 14.5. The van der Waals surface area contributed by atoms with Crippen LogP contribution in [0, 0.1) is 6.92 Å². The molecule has 0 aliphatic heterocycles. The van der Waals surface area contributed by atoms with Crippen LogP contribution in [0.2, 0.25) is 0 Å². The molecule has 1 amide bonds. The van der Waals surface area contributed by atoms with Gasteiger partial charge in [-0.25, -0.2) is 4.98 Å². The number of hydrogen-bond acceptors (Lipinski definition) is 6. The van der Waals surface area contributed by atoms with E-state index in [2.05, 4.69) is 10.3 Å². The Morgan fingerprint density at radius 1 is 1.38 bits per heavy atom. The Hall–Kier alpha value is -2.32. The zero-order valence-corrected chi connectivity index (χ0v) is 16.2. The van der Waals surface area contributed by atoms with E-state index < -0.39 is 0 Å².